The van der Waals surface area contributed by atoms with E-state index in [-0.39, 0.29) is 0 Å². The van der Waals surface area contributed by atoms with E-state index >= 15 is 0 Å². The molecule has 0 aromatic heterocycles. The normalized spacial score (nSPS) is 19.6. The highest BCUT2D eigenvalue weighted by Gasteiger charge is 2.41. The molecular weight excluding hydrogens is 272 g/mol. The van der Waals surface area contributed by atoms with E-state index in [4.69, 9.17) is 0 Å². The van der Waals surface area contributed by atoms with Crippen molar-refractivity contribution in [3.63, 3.8) is 0 Å². The number of nitrogens with one attached hydrogen (secondary N) is 1. The first-order valence-corrected chi connectivity index (χ1v) is 8.72. The van der Waals surface area contributed by atoms with Crippen LogP contribution in [0.3, 0.4) is 0 Å². The molecule has 5 heteroatoms. The van der Waals surface area contributed by atoms with Crippen LogP contribution in [0.15, 0.2) is 29.2 Å². The fourth-order valence-electron chi connectivity index (χ4n) is 2.72. The molecule has 2 aliphatic rings. The summed E-state index contributed by atoms with van der Waals surface area (Å²) in [7, 11) is -0.243. The minimum absolute atomic E-state index is 0.385. The number of anilines is 1. The maximum atomic E-state index is 12.4. The molecule has 0 unspecified atom stereocenters. The van der Waals surface area contributed by atoms with Gasteiger partial charge in [0.15, 0.2) is 0 Å². The Bertz CT molecular complexity index is 578. The van der Waals surface area contributed by atoms with Crippen molar-refractivity contribution in [2.75, 3.05) is 19.4 Å². The number of rotatable bonds is 6. The van der Waals surface area contributed by atoms with Crippen LogP contribution in [-0.2, 0) is 10.0 Å². The molecule has 0 heterocycles. The van der Waals surface area contributed by atoms with Gasteiger partial charge in [-0.3, -0.25) is 0 Å². The Balaban J connectivity index is 1.89. The summed E-state index contributed by atoms with van der Waals surface area (Å²) >= 11 is 0. The van der Waals surface area contributed by atoms with Crippen molar-refractivity contribution in [3.8, 4) is 0 Å². The van der Waals surface area contributed by atoms with Gasteiger partial charge in [-0.2, -0.15) is 0 Å². The molecule has 4 nitrogen and oxygen atoms in total. The highest BCUT2D eigenvalue weighted by Crippen LogP contribution is 2.46. The lowest BCUT2D eigenvalue weighted by atomic mass is 10.1. The van der Waals surface area contributed by atoms with Gasteiger partial charge in [0, 0.05) is 20.1 Å². The second-order valence-electron chi connectivity index (χ2n) is 6.13. The molecule has 2 aliphatic carbocycles. The maximum absolute atomic E-state index is 12.4. The van der Waals surface area contributed by atoms with Crippen LogP contribution in [0.2, 0.25) is 0 Å². The standard InChI is InChI=1S/C15H22N2O2S/c1-17(2)20(18,19)14-6-4-3-5-13(14)16-15(11-7-8-11)12-9-10-12/h3-6,11-12,15-16H,7-10H2,1-2H3. The van der Waals surface area contributed by atoms with Crippen molar-refractivity contribution in [3.05, 3.63) is 24.3 Å². The Labute approximate surface area is 121 Å². The first-order valence-electron chi connectivity index (χ1n) is 7.28. The van der Waals surface area contributed by atoms with E-state index in [0.29, 0.717) is 10.9 Å². The van der Waals surface area contributed by atoms with E-state index in [1.54, 1.807) is 26.2 Å². The first-order chi connectivity index (χ1) is 9.50. The van der Waals surface area contributed by atoms with Gasteiger partial charge in [0.2, 0.25) is 10.0 Å². The number of hydrogen-bond donors (Lipinski definition) is 1. The lowest BCUT2D eigenvalue weighted by Crippen LogP contribution is -2.28. The molecule has 1 aromatic rings. The van der Waals surface area contributed by atoms with Gasteiger partial charge in [-0.25, -0.2) is 12.7 Å². The Morgan fingerprint density at radius 1 is 1.10 bits per heavy atom. The number of hydrogen-bond acceptors (Lipinski definition) is 3. The number of sulfonamides is 1. The van der Waals surface area contributed by atoms with Crippen LogP contribution in [-0.4, -0.2) is 32.9 Å². The van der Waals surface area contributed by atoms with Crippen LogP contribution in [0.4, 0.5) is 5.69 Å². The third-order valence-electron chi connectivity index (χ3n) is 4.23. The molecule has 0 atom stereocenters. The third kappa shape index (κ3) is 2.69. The van der Waals surface area contributed by atoms with Crippen molar-refractivity contribution in [1.29, 1.82) is 0 Å². The van der Waals surface area contributed by atoms with Crippen LogP contribution in [0.25, 0.3) is 0 Å². The second-order valence-corrected chi connectivity index (χ2v) is 8.25. The zero-order valence-corrected chi connectivity index (χ0v) is 12.9. The molecule has 0 aliphatic heterocycles. The van der Waals surface area contributed by atoms with Crippen LogP contribution < -0.4 is 5.32 Å². The highest BCUT2D eigenvalue weighted by atomic mass is 32.2. The maximum Gasteiger partial charge on any atom is 0.244 e. The van der Waals surface area contributed by atoms with Gasteiger partial charge in [0.05, 0.1) is 5.69 Å². The minimum Gasteiger partial charge on any atom is -0.381 e. The molecule has 1 aromatic carbocycles. The SMILES string of the molecule is CN(C)S(=O)(=O)c1ccccc1NC(C1CC1)C1CC1. The predicted octanol–water partition coefficient (Wildman–Crippen LogP) is 2.54. The van der Waals surface area contributed by atoms with Gasteiger partial charge in [0.1, 0.15) is 4.90 Å². The zero-order chi connectivity index (χ0) is 14.3. The Kier molecular flexibility index (Phi) is 3.50. The lowest BCUT2D eigenvalue weighted by molar-refractivity contribution is 0.520. The monoisotopic (exact) mass is 294 g/mol. The van der Waals surface area contributed by atoms with Gasteiger partial charge >= 0.3 is 0 Å². The number of para-hydroxylation sites is 1. The molecule has 0 amide bonds. The van der Waals surface area contributed by atoms with Gasteiger partial charge in [0.25, 0.3) is 0 Å². The summed E-state index contributed by atoms with van der Waals surface area (Å²) in [6.07, 6.45) is 5.10. The summed E-state index contributed by atoms with van der Waals surface area (Å²) in [5.74, 6) is 1.47. The zero-order valence-electron chi connectivity index (χ0n) is 12.0. The number of benzene rings is 1. The van der Waals surface area contributed by atoms with E-state index < -0.39 is 10.0 Å². The van der Waals surface area contributed by atoms with Crippen LogP contribution in [0.1, 0.15) is 25.7 Å². The van der Waals surface area contributed by atoms with Crippen molar-refractivity contribution in [2.45, 2.75) is 36.6 Å². The fraction of sp³-hybridized carbons (Fsp3) is 0.600. The second kappa shape index (κ2) is 5.04. The van der Waals surface area contributed by atoms with E-state index in [1.807, 2.05) is 12.1 Å². The van der Waals surface area contributed by atoms with Gasteiger partial charge in [-0.1, -0.05) is 12.1 Å². The van der Waals surface area contributed by atoms with E-state index in [2.05, 4.69) is 5.32 Å². The molecular formula is C15H22N2O2S. The molecule has 0 spiro atoms. The molecule has 3 rings (SSSR count). The van der Waals surface area contributed by atoms with Crippen LogP contribution >= 0.6 is 0 Å². The third-order valence-corrected chi connectivity index (χ3v) is 6.10. The Hall–Kier alpha value is -1.07. The summed E-state index contributed by atoms with van der Waals surface area (Å²) < 4.78 is 26.1. The molecule has 2 fully saturated rings. The first kappa shape index (κ1) is 13.9. The quantitative estimate of drug-likeness (QED) is 0.877. The average molecular weight is 294 g/mol. The summed E-state index contributed by atoms with van der Waals surface area (Å²) in [4.78, 5) is 0.385. The number of nitrogens with zero attached hydrogens (tertiary/aromatic N) is 1. The van der Waals surface area contributed by atoms with Crippen molar-refractivity contribution >= 4 is 15.7 Å². The largest absolute Gasteiger partial charge is 0.381 e. The highest BCUT2D eigenvalue weighted by molar-refractivity contribution is 7.89. The van der Waals surface area contributed by atoms with Crippen LogP contribution in [0.5, 0.6) is 0 Å². The topological polar surface area (TPSA) is 49.4 Å². The smallest absolute Gasteiger partial charge is 0.244 e. The van der Waals surface area contributed by atoms with Crippen molar-refractivity contribution in [2.24, 2.45) is 11.8 Å². The molecule has 0 radical (unpaired) electrons. The molecule has 20 heavy (non-hydrogen) atoms. The summed E-state index contributed by atoms with van der Waals surface area (Å²) in [6, 6.07) is 7.70. The Morgan fingerprint density at radius 3 is 2.15 bits per heavy atom. The molecule has 0 saturated heterocycles. The van der Waals surface area contributed by atoms with E-state index in [9.17, 15) is 8.42 Å². The van der Waals surface area contributed by atoms with E-state index in [1.165, 1.54) is 30.0 Å². The summed E-state index contributed by atoms with van der Waals surface area (Å²) in [5, 5.41) is 3.53. The molecule has 110 valence electrons. The lowest BCUT2D eigenvalue weighted by Gasteiger charge is -2.22. The average Bonchev–Trinajstić information content (AvgIpc) is 3.28. The van der Waals surface area contributed by atoms with Gasteiger partial charge in [-0.15, -0.1) is 0 Å². The van der Waals surface area contributed by atoms with Gasteiger partial charge in [-0.05, 0) is 49.7 Å². The summed E-state index contributed by atoms with van der Waals surface area (Å²) in [5.41, 5.74) is 0.755. The Morgan fingerprint density at radius 2 is 1.65 bits per heavy atom. The fourth-order valence-corrected chi connectivity index (χ4v) is 3.77. The molecule has 0 bridgehead atoms. The van der Waals surface area contributed by atoms with Crippen molar-refractivity contribution in [1.82, 2.24) is 4.31 Å². The molecule has 2 saturated carbocycles. The van der Waals surface area contributed by atoms with Crippen molar-refractivity contribution < 1.29 is 8.42 Å². The predicted molar refractivity (Wildman–Crippen MR) is 80.2 cm³/mol. The molecule has 1 N–H and O–H groups in total. The van der Waals surface area contributed by atoms with Gasteiger partial charge < -0.3 is 5.32 Å². The minimum atomic E-state index is -3.39. The van der Waals surface area contributed by atoms with Crippen LogP contribution in [0, 0.1) is 11.8 Å². The van der Waals surface area contributed by atoms with E-state index in [0.717, 1.165) is 17.5 Å². The summed E-state index contributed by atoms with van der Waals surface area (Å²) in [6.45, 7) is 0.